The number of ether oxygens (including phenoxy) is 1. The molecule has 0 aliphatic carbocycles. The smallest absolute Gasteiger partial charge is 0.417 e. The van der Waals surface area contributed by atoms with E-state index in [0.29, 0.717) is 0 Å². The summed E-state index contributed by atoms with van der Waals surface area (Å²) >= 11 is 5.78. The highest BCUT2D eigenvalue weighted by Gasteiger charge is 2.33. The molecule has 25 heavy (non-hydrogen) atoms. The highest BCUT2D eigenvalue weighted by atomic mass is 35.5. The van der Waals surface area contributed by atoms with E-state index < -0.39 is 34.7 Å². The maximum Gasteiger partial charge on any atom is 0.417 e. The number of benzene rings is 1. The number of Topliss-reactive ketones (excluding diaryl/α,β-unsaturated/α-hetero) is 1. The van der Waals surface area contributed by atoms with Crippen LogP contribution in [0.4, 0.5) is 13.2 Å². The lowest BCUT2D eigenvalue weighted by Gasteiger charge is -2.13. The molecule has 10 heteroatoms. The third-order valence-electron chi connectivity index (χ3n) is 3.21. The molecule has 0 amide bonds. The fraction of sp³-hybridized carbons (Fsp3) is 0.200. The molecule has 0 aliphatic rings. The van der Waals surface area contributed by atoms with E-state index in [1.165, 1.54) is 6.07 Å². The Kier molecular flexibility index (Phi) is 5.58. The Bertz CT molecular complexity index is 865. The first-order chi connectivity index (χ1) is 11.8. The molecule has 0 spiro atoms. The zero-order chi connectivity index (χ0) is 18.6. The van der Waals surface area contributed by atoms with Crippen molar-refractivity contribution in [2.75, 3.05) is 6.61 Å². The summed E-state index contributed by atoms with van der Waals surface area (Å²) in [4.78, 5) is 37.8. The van der Waals surface area contributed by atoms with Gasteiger partial charge in [-0.1, -0.05) is 23.7 Å². The first-order valence-corrected chi connectivity index (χ1v) is 7.11. The van der Waals surface area contributed by atoms with Crippen LogP contribution in [-0.2, 0) is 22.3 Å². The molecule has 0 fully saturated rings. The first kappa shape index (κ1) is 18.7. The Morgan fingerprint density at radius 1 is 1.36 bits per heavy atom. The van der Waals surface area contributed by atoms with E-state index in [2.05, 4.69) is 9.72 Å². The summed E-state index contributed by atoms with van der Waals surface area (Å²) < 4.78 is 43.9. The standard InChI is InChI=1S/C15H10ClF3N2O4/c16-13-9(2-1-3-11(13)15(17,18)19)5-21-7-20-4-10(14(21)24)12(23)6-25-8-22/h1-4,7-8H,5-6H2. The molecule has 0 saturated heterocycles. The van der Waals surface area contributed by atoms with Crippen molar-refractivity contribution < 1.29 is 27.5 Å². The van der Waals surface area contributed by atoms with Crippen LogP contribution < -0.4 is 5.56 Å². The highest BCUT2D eigenvalue weighted by molar-refractivity contribution is 6.32. The Morgan fingerprint density at radius 2 is 2.08 bits per heavy atom. The minimum absolute atomic E-state index is 0.0362. The van der Waals surface area contributed by atoms with Crippen LogP contribution in [0.15, 0.2) is 35.5 Å². The summed E-state index contributed by atoms with van der Waals surface area (Å²) in [5.41, 5.74) is -2.14. The maximum atomic E-state index is 12.9. The molecule has 2 aromatic rings. The van der Waals surface area contributed by atoms with Gasteiger partial charge in [0.1, 0.15) is 5.56 Å². The van der Waals surface area contributed by atoms with Gasteiger partial charge in [0.2, 0.25) is 5.78 Å². The predicted octanol–water partition coefficient (Wildman–Crippen LogP) is 2.32. The second kappa shape index (κ2) is 7.47. The lowest BCUT2D eigenvalue weighted by atomic mass is 10.1. The summed E-state index contributed by atoms with van der Waals surface area (Å²) in [6.45, 7) is -0.909. The number of nitrogens with zero attached hydrogens (tertiary/aromatic N) is 2. The fourth-order valence-corrected chi connectivity index (χ4v) is 2.34. The van der Waals surface area contributed by atoms with Crippen LogP contribution in [0, 0.1) is 0 Å². The minimum Gasteiger partial charge on any atom is -0.459 e. The number of carbonyl (C=O) groups excluding carboxylic acids is 2. The van der Waals surface area contributed by atoms with Crippen LogP contribution in [0.3, 0.4) is 0 Å². The van der Waals surface area contributed by atoms with Gasteiger partial charge in [0, 0.05) is 6.20 Å². The lowest BCUT2D eigenvalue weighted by molar-refractivity contribution is -0.137. The van der Waals surface area contributed by atoms with Gasteiger partial charge in [-0.2, -0.15) is 13.2 Å². The summed E-state index contributed by atoms with van der Waals surface area (Å²) in [5, 5.41) is -0.539. The minimum atomic E-state index is -4.64. The summed E-state index contributed by atoms with van der Waals surface area (Å²) in [7, 11) is 0. The van der Waals surface area contributed by atoms with Crippen molar-refractivity contribution in [1.29, 1.82) is 0 Å². The van der Waals surface area contributed by atoms with Crippen molar-refractivity contribution in [1.82, 2.24) is 9.55 Å². The molecule has 1 aromatic heterocycles. The van der Waals surface area contributed by atoms with Crippen LogP contribution in [0.5, 0.6) is 0 Å². The molecule has 0 bridgehead atoms. The van der Waals surface area contributed by atoms with E-state index in [-0.39, 0.29) is 24.1 Å². The van der Waals surface area contributed by atoms with Gasteiger partial charge in [0.15, 0.2) is 6.61 Å². The van der Waals surface area contributed by atoms with Crippen LogP contribution in [0.1, 0.15) is 21.5 Å². The molecule has 2 rings (SSSR count). The number of ketones is 1. The third kappa shape index (κ3) is 4.24. The van der Waals surface area contributed by atoms with Crippen molar-refractivity contribution in [3.63, 3.8) is 0 Å². The van der Waals surface area contributed by atoms with Gasteiger partial charge >= 0.3 is 6.18 Å². The predicted molar refractivity (Wildman–Crippen MR) is 80.4 cm³/mol. The Labute approximate surface area is 143 Å². The fourth-order valence-electron chi connectivity index (χ4n) is 2.05. The second-order valence-electron chi connectivity index (χ2n) is 4.85. The summed E-state index contributed by atoms with van der Waals surface area (Å²) in [5.74, 6) is -0.783. The number of halogens is 4. The molecule has 0 saturated carbocycles. The molecule has 0 N–H and O–H groups in total. The van der Waals surface area contributed by atoms with E-state index >= 15 is 0 Å². The third-order valence-corrected chi connectivity index (χ3v) is 3.65. The average Bonchev–Trinajstić information content (AvgIpc) is 2.55. The van der Waals surface area contributed by atoms with Crippen LogP contribution in [0.25, 0.3) is 0 Å². The van der Waals surface area contributed by atoms with Crippen molar-refractivity contribution >= 4 is 23.9 Å². The molecule has 132 valence electrons. The molecule has 6 nitrogen and oxygen atoms in total. The van der Waals surface area contributed by atoms with Gasteiger partial charge in [-0.05, 0) is 11.6 Å². The lowest BCUT2D eigenvalue weighted by Crippen LogP contribution is -2.28. The van der Waals surface area contributed by atoms with Gasteiger partial charge in [0.25, 0.3) is 12.0 Å². The molecule has 0 atom stereocenters. The Morgan fingerprint density at radius 3 is 2.72 bits per heavy atom. The molecule has 0 aliphatic heterocycles. The van der Waals surface area contributed by atoms with Gasteiger partial charge in [-0.3, -0.25) is 19.0 Å². The Balaban J connectivity index is 2.38. The summed E-state index contributed by atoms with van der Waals surface area (Å²) in [6.07, 6.45) is -2.58. The topological polar surface area (TPSA) is 78.3 Å². The van der Waals surface area contributed by atoms with Crippen molar-refractivity contribution in [2.24, 2.45) is 0 Å². The van der Waals surface area contributed by atoms with Crippen molar-refractivity contribution in [3.05, 3.63) is 62.8 Å². The average molecular weight is 375 g/mol. The van der Waals surface area contributed by atoms with Gasteiger partial charge in [-0.25, -0.2) is 4.98 Å². The first-order valence-electron chi connectivity index (χ1n) is 6.73. The van der Waals surface area contributed by atoms with Crippen LogP contribution in [0.2, 0.25) is 5.02 Å². The van der Waals surface area contributed by atoms with Gasteiger partial charge in [-0.15, -0.1) is 0 Å². The number of hydrogen-bond acceptors (Lipinski definition) is 5. The number of carbonyl (C=O) groups is 2. The molecule has 0 radical (unpaired) electrons. The van der Waals surface area contributed by atoms with E-state index in [4.69, 9.17) is 11.6 Å². The highest BCUT2D eigenvalue weighted by Crippen LogP contribution is 2.36. The SMILES string of the molecule is O=COCC(=O)c1cncn(Cc2cccc(C(F)(F)F)c2Cl)c1=O. The monoisotopic (exact) mass is 374 g/mol. The number of aromatic nitrogens is 2. The zero-order valence-electron chi connectivity index (χ0n) is 12.4. The normalized spacial score (nSPS) is 11.2. The van der Waals surface area contributed by atoms with E-state index in [9.17, 15) is 27.6 Å². The molecular weight excluding hydrogens is 365 g/mol. The number of hydrogen-bond donors (Lipinski definition) is 0. The van der Waals surface area contributed by atoms with Crippen molar-refractivity contribution in [3.8, 4) is 0 Å². The van der Waals surface area contributed by atoms with E-state index in [1.807, 2.05) is 0 Å². The molecular formula is C15H10ClF3N2O4. The molecule has 1 aromatic carbocycles. The van der Waals surface area contributed by atoms with E-state index in [1.54, 1.807) is 0 Å². The van der Waals surface area contributed by atoms with Gasteiger partial charge < -0.3 is 4.74 Å². The quantitative estimate of drug-likeness (QED) is 0.573. The van der Waals surface area contributed by atoms with E-state index in [0.717, 1.165) is 29.2 Å². The second-order valence-corrected chi connectivity index (χ2v) is 5.23. The van der Waals surface area contributed by atoms with Gasteiger partial charge in [0.05, 0.1) is 23.5 Å². The van der Waals surface area contributed by atoms with Crippen LogP contribution in [-0.4, -0.2) is 28.4 Å². The molecule has 1 heterocycles. The van der Waals surface area contributed by atoms with Crippen molar-refractivity contribution in [2.45, 2.75) is 12.7 Å². The number of rotatable bonds is 6. The maximum absolute atomic E-state index is 12.9. The Hall–Kier alpha value is -2.68. The van der Waals surface area contributed by atoms with Crippen LogP contribution >= 0.6 is 11.6 Å². The number of alkyl halides is 3. The zero-order valence-corrected chi connectivity index (χ0v) is 13.2. The molecule has 0 unspecified atom stereocenters. The summed E-state index contributed by atoms with van der Waals surface area (Å²) in [6, 6.07) is 3.31. The largest absolute Gasteiger partial charge is 0.459 e.